The van der Waals surface area contributed by atoms with Crippen LogP contribution in [0, 0.1) is 10.1 Å². The van der Waals surface area contributed by atoms with Crippen LogP contribution >= 0.6 is 0 Å². The highest BCUT2D eigenvalue weighted by Gasteiger charge is 2.23. The lowest BCUT2D eigenvalue weighted by molar-refractivity contribution is -0.385. The van der Waals surface area contributed by atoms with E-state index in [0.717, 1.165) is 6.33 Å². The number of hydrogen-bond acceptors (Lipinski definition) is 8. The average Bonchev–Trinajstić information content (AvgIpc) is 2.37. The van der Waals surface area contributed by atoms with Gasteiger partial charge in [-0.25, -0.2) is 13.4 Å². The van der Waals surface area contributed by atoms with Crippen LogP contribution in [0.2, 0.25) is 0 Å². The Morgan fingerprint density at radius 3 is 2.68 bits per heavy atom. The molecule has 106 valence electrons. The summed E-state index contributed by atoms with van der Waals surface area (Å²) in [6.07, 6.45) is 1.10. The SMILES string of the molecule is CCS(=O)(=O)CCNc1ncnc(OC)c1[N+](=O)[O-]. The van der Waals surface area contributed by atoms with Gasteiger partial charge in [0.2, 0.25) is 5.82 Å². The second kappa shape index (κ2) is 6.27. The van der Waals surface area contributed by atoms with Gasteiger partial charge in [-0.1, -0.05) is 6.92 Å². The summed E-state index contributed by atoms with van der Waals surface area (Å²) in [4.78, 5) is 17.6. The van der Waals surface area contributed by atoms with Crippen LogP contribution in [0.1, 0.15) is 6.92 Å². The molecule has 0 atom stereocenters. The van der Waals surface area contributed by atoms with Crippen LogP contribution in [0.25, 0.3) is 0 Å². The Kier molecular flexibility index (Phi) is 4.98. The van der Waals surface area contributed by atoms with Gasteiger partial charge in [0.15, 0.2) is 9.84 Å². The summed E-state index contributed by atoms with van der Waals surface area (Å²) in [5, 5.41) is 13.5. The van der Waals surface area contributed by atoms with E-state index in [2.05, 4.69) is 15.3 Å². The number of rotatable bonds is 7. The first kappa shape index (κ1) is 15.1. The van der Waals surface area contributed by atoms with Crippen molar-refractivity contribution in [2.45, 2.75) is 6.92 Å². The minimum atomic E-state index is -3.15. The van der Waals surface area contributed by atoms with Gasteiger partial charge in [-0.15, -0.1) is 0 Å². The maximum Gasteiger partial charge on any atom is 0.372 e. The number of nitrogens with one attached hydrogen (secondary N) is 1. The molecule has 0 saturated carbocycles. The van der Waals surface area contributed by atoms with E-state index in [9.17, 15) is 18.5 Å². The lowest BCUT2D eigenvalue weighted by atomic mass is 10.4. The molecule has 1 aromatic rings. The van der Waals surface area contributed by atoms with Crippen molar-refractivity contribution in [1.29, 1.82) is 0 Å². The molecule has 0 unspecified atom stereocenters. The predicted molar refractivity (Wildman–Crippen MR) is 68.1 cm³/mol. The summed E-state index contributed by atoms with van der Waals surface area (Å²) in [7, 11) is -1.89. The number of sulfone groups is 1. The largest absolute Gasteiger partial charge is 0.476 e. The third-order valence-electron chi connectivity index (χ3n) is 2.31. The smallest absolute Gasteiger partial charge is 0.372 e. The monoisotopic (exact) mass is 290 g/mol. The molecule has 0 bridgehead atoms. The maximum atomic E-state index is 11.3. The average molecular weight is 290 g/mol. The lowest BCUT2D eigenvalue weighted by Crippen LogP contribution is -2.18. The first-order chi connectivity index (χ1) is 8.91. The molecule has 0 aliphatic carbocycles. The molecule has 1 rings (SSSR count). The van der Waals surface area contributed by atoms with E-state index in [1.807, 2.05) is 0 Å². The summed E-state index contributed by atoms with van der Waals surface area (Å²) in [5.41, 5.74) is -0.418. The van der Waals surface area contributed by atoms with Crippen molar-refractivity contribution in [2.75, 3.05) is 30.5 Å². The van der Waals surface area contributed by atoms with E-state index in [-0.39, 0.29) is 29.7 Å². The third-order valence-corrected chi connectivity index (χ3v) is 4.02. The fourth-order valence-electron chi connectivity index (χ4n) is 1.28. The minimum absolute atomic E-state index is 0.0177. The topological polar surface area (TPSA) is 124 Å². The zero-order chi connectivity index (χ0) is 14.5. The molecule has 0 radical (unpaired) electrons. The predicted octanol–water partition coefficient (Wildman–Crippen LogP) is 0.240. The quantitative estimate of drug-likeness (QED) is 0.559. The molecule has 10 heteroatoms. The number of hydrogen-bond donors (Lipinski definition) is 1. The van der Waals surface area contributed by atoms with E-state index in [4.69, 9.17) is 4.74 Å². The second-order valence-electron chi connectivity index (χ2n) is 3.50. The van der Waals surface area contributed by atoms with Crippen LogP contribution < -0.4 is 10.1 Å². The lowest BCUT2D eigenvalue weighted by Gasteiger charge is -2.07. The van der Waals surface area contributed by atoms with Crippen LogP contribution in [0.5, 0.6) is 5.88 Å². The van der Waals surface area contributed by atoms with Crippen LogP contribution in [-0.2, 0) is 9.84 Å². The van der Waals surface area contributed by atoms with Gasteiger partial charge in [0.1, 0.15) is 6.33 Å². The number of anilines is 1. The molecule has 0 spiro atoms. The first-order valence-corrected chi connectivity index (χ1v) is 7.21. The van der Waals surface area contributed by atoms with Gasteiger partial charge in [0.05, 0.1) is 17.8 Å². The number of nitrogens with zero attached hydrogens (tertiary/aromatic N) is 3. The van der Waals surface area contributed by atoms with E-state index in [1.165, 1.54) is 14.0 Å². The van der Waals surface area contributed by atoms with Gasteiger partial charge in [0.25, 0.3) is 5.88 Å². The van der Waals surface area contributed by atoms with Crippen molar-refractivity contribution in [3.05, 3.63) is 16.4 Å². The van der Waals surface area contributed by atoms with Crippen molar-refractivity contribution in [1.82, 2.24) is 9.97 Å². The standard InChI is InChI=1S/C9H14N4O5S/c1-3-19(16,17)5-4-10-8-7(13(14)15)9(18-2)12-6-11-8/h6H,3-5H2,1-2H3,(H,10,11,12). The molecule has 0 amide bonds. The second-order valence-corrected chi connectivity index (χ2v) is 5.97. The summed E-state index contributed by atoms with van der Waals surface area (Å²) in [6, 6.07) is 0. The van der Waals surface area contributed by atoms with Crippen molar-refractivity contribution in [3.63, 3.8) is 0 Å². The van der Waals surface area contributed by atoms with E-state index in [0.29, 0.717) is 0 Å². The molecule has 1 aromatic heterocycles. The van der Waals surface area contributed by atoms with Crippen LogP contribution in [0.3, 0.4) is 0 Å². The Balaban J connectivity index is 2.87. The molecule has 0 saturated heterocycles. The van der Waals surface area contributed by atoms with Crippen molar-refractivity contribution in [2.24, 2.45) is 0 Å². The Morgan fingerprint density at radius 1 is 1.47 bits per heavy atom. The molecule has 0 aliphatic rings. The van der Waals surface area contributed by atoms with Gasteiger partial charge in [-0.2, -0.15) is 4.98 Å². The molecular formula is C9H14N4O5S. The van der Waals surface area contributed by atoms with E-state index in [1.54, 1.807) is 0 Å². The van der Waals surface area contributed by atoms with Crippen LogP contribution in [-0.4, -0.2) is 48.5 Å². The third kappa shape index (κ3) is 4.02. The minimum Gasteiger partial charge on any atom is -0.476 e. The first-order valence-electron chi connectivity index (χ1n) is 5.39. The number of methoxy groups -OCH3 is 1. The Hall–Kier alpha value is -1.97. The molecule has 1 heterocycles. The summed E-state index contributed by atoms with van der Waals surface area (Å²) in [6.45, 7) is 1.56. The van der Waals surface area contributed by atoms with Crippen molar-refractivity contribution < 1.29 is 18.1 Å². The Labute approximate surface area is 110 Å². The van der Waals surface area contributed by atoms with Gasteiger partial charge in [-0.3, -0.25) is 10.1 Å². The molecule has 0 fully saturated rings. The zero-order valence-corrected chi connectivity index (χ0v) is 11.3. The Bertz CT molecular complexity index is 560. The fraction of sp³-hybridized carbons (Fsp3) is 0.556. The molecular weight excluding hydrogens is 276 g/mol. The van der Waals surface area contributed by atoms with Gasteiger partial charge in [-0.05, 0) is 0 Å². The van der Waals surface area contributed by atoms with Crippen molar-refractivity contribution in [3.8, 4) is 5.88 Å². The highest BCUT2D eigenvalue weighted by Crippen LogP contribution is 2.29. The highest BCUT2D eigenvalue weighted by molar-refractivity contribution is 7.91. The number of nitro groups is 1. The van der Waals surface area contributed by atoms with Gasteiger partial charge < -0.3 is 10.1 Å². The Morgan fingerprint density at radius 2 is 2.16 bits per heavy atom. The molecule has 0 aromatic carbocycles. The fourth-order valence-corrected chi connectivity index (χ4v) is 1.98. The van der Waals surface area contributed by atoms with Crippen LogP contribution in [0.15, 0.2) is 6.33 Å². The summed E-state index contributed by atoms with van der Waals surface area (Å²) < 4.78 is 27.4. The molecule has 0 aliphatic heterocycles. The van der Waals surface area contributed by atoms with Gasteiger partial charge >= 0.3 is 5.69 Å². The van der Waals surface area contributed by atoms with E-state index < -0.39 is 20.4 Å². The molecule has 1 N–H and O–H groups in total. The maximum absolute atomic E-state index is 11.3. The van der Waals surface area contributed by atoms with E-state index >= 15 is 0 Å². The number of ether oxygens (including phenoxy) is 1. The highest BCUT2D eigenvalue weighted by atomic mass is 32.2. The number of aromatic nitrogens is 2. The summed E-state index contributed by atoms with van der Waals surface area (Å²) >= 11 is 0. The summed E-state index contributed by atoms with van der Waals surface area (Å²) in [5.74, 6) is -0.361. The molecule has 9 nitrogen and oxygen atoms in total. The molecule has 19 heavy (non-hydrogen) atoms. The van der Waals surface area contributed by atoms with Crippen molar-refractivity contribution >= 4 is 21.3 Å². The normalized spacial score (nSPS) is 11.1. The van der Waals surface area contributed by atoms with Gasteiger partial charge in [0, 0.05) is 12.3 Å². The zero-order valence-electron chi connectivity index (χ0n) is 10.5. The van der Waals surface area contributed by atoms with Crippen LogP contribution in [0.4, 0.5) is 11.5 Å².